The van der Waals surface area contributed by atoms with Crippen molar-refractivity contribution in [2.45, 2.75) is 19.3 Å². The van der Waals surface area contributed by atoms with Crippen molar-refractivity contribution < 1.29 is 18.3 Å². The molecule has 1 aliphatic heterocycles. The molecule has 92 valence electrons. The summed E-state index contributed by atoms with van der Waals surface area (Å²) in [7, 11) is -2.99. The average Bonchev–Trinajstić information content (AvgIpc) is 2.93. The average molecular weight is 247 g/mol. The first-order chi connectivity index (χ1) is 7.46. The van der Waals surface area contributed by atoms with Crippen LogP contribution in [0.4, 0.5) is 0 Å². The van der Waals surface area contributed by atoms with Gasteiger partial charge in [-0.1, -0.05) is 0 Å². The highest BCUT2D eigenvalue weighted by molar-refractivity contribution is 7.91. The fraction of sp³-hybridized carbons (Fsp3) is 0.900. The van der Waals surface area contributed by atoms with Crippen molar-refractivity contribution >= 4 is 15.7 Å². The van der Waals surface area contributed by atoms with Gasteiger partial charge in [-0.3, -0.25) is 4.79 Å². The molecule has 1 atom stereocenters. The van der Waals surface area contributed by atoms with E-state index in [1.165, 1.54) is 0 Å². The SMILES string of the molecule is O=C(NCC1(CO)CC1)C1CCS(=O)(=O)C1. The molecule has 1 aliphatic carbocycles. The van der Waals surface area contributed by atoms with E-state index < -0.39 is 9.84 Å². The molecule has 2 rings (SSSR count). The number of nitrogens with one attached hydrogen (secondary N) is 1. The van der Waals surface area contributed by atoms with Gasteiger partial charge in [0.05, 0.1) is 24.0 Å². The lowest BCUT2D eigenvalue weighted by atomic mass is 10.1. The molecule has 5 nitrogen and oxygen atoms in total. The van der Waals surface area contributed by atoms with Crippen LogP contribution in [0.3, 0.4) is 0 Å². The summed E-state index contributed by atoms with van der Waals surface area (Å²) in [5.41, 5.74) is -0.118. The van der Waals surface area contributed by atoms with Crippen LogP contribution in [-0.2, 0) is 14.6 Å². The van der Waals surface area contributed by atoms with Crippen LogP contribution in [0.1, 0.15) is 19.3 Å². The molecule has 2 aliphatic rings. The third kappa shape index (κ3) is 2.55. The predicted octanol–water partition coefficient (Wildman–Crippen LogP) is -0.690. The highest BCUT2D eigenvalue weighted by atomic mass is 32.2. The van der Waals surface area contributed by atoms with Crippen LogP contribution in [0.2, 0.25) is 0 Å². The Hall–Kier alpha value is -0.620. The van der Waals surface area contributed by atoms with Gasteiger partial charge >= 0.3 is 0 Å². The molecule has 1 saturated carbocycles. The van der Waals surface area contributed by atoms with Gasteiger partial charge in [-0.2, -0.15) is 0 Å². The number of hydrogen-bond acceptors (Lipinski definition) is 4. The summed E-state index contributed by atoms with van der Waals surface area (Å²) in [5.74, 6) is -0.471. The zero-order valence-corrected chi connectivity index (χ0v) is 9.92. The smallest absolute Gasteiger partial charge is 0.224 e. The van der Waals surface area contributed by atoms with Gasteiger partial charge in [-0.05, 0) is 19.3 Å². The zero-order valence-electron chi connectivity index (χ0n) is 9.11. The van der Waals surface area contributed by atoms with Crippen molar-refractivity contribution in [1.82, 2.24) is 5.32 Å². The lowest BCUT2D eigenvalue weighted by molar-refractivity contribution is -0.124. The molecule has 16 heavy (non-hydrogen) atoms. The van der Waals surface area contributed by atoms with E-state index in [2.05, 4.69) is 5.32 Å². The summed E-state index contributed by atoms with van der Waals surface area (Å²) in [4.78, 5) is 11.7. The first-order valence-corrected chi connectivity index (χ1v) is 7.38. The minimum Gasteiger partial charge on any atom is -0.396 e. The van der Waals surface area contributed by atoms with Gasteiger partial charge < -0.3 is 10.4 Å². The van der Waals surface area contributed by atoms with E-state index in [1.807, 2.05) is 0 Å². The standard InChI is InChI=1S/C10H17NO4S/c12-7-10(2-3-10)6-11-9(13)8-1-4-16(14,15)5-8/h8,12H,1-7H2,(H,11,13). The van der Waals surface area contributed by atoms with E-state index in [-0.39, 0.29) is 35.4 Å². The molecule has 0 aromatic heterocycles. The van der Waals surface area contributed by atoms with E-state index in [0.29, 0.717) is 13.0 Å². The molecule has 0 radical (unpaired) electrons. The molecule has 6 heteroatoms. The highest BCUT2D eigenvalue weighted by Crippen LogP contribution is 2.44. The van der Waals surface area contributed by atoms with Crippen molar-refractivity contribution in [1.29, 1.82) is 0 Å². The van der Waals surface area contributed by atoms with E-state index in [1.54, 1.807) is 0 Å². The summed E-state index contributed by atoms with van der Waals surface area (Å²) in [5, 5.41) is 11.8. The number of carbonyl (C=O) groups is 1. The van der Waals surface area contributed by atoms with E-state index in [9.17, 15) is 13.2 Å². The fourth-order valence-electron chi connectivity index (χ4n) is 1.99. The maximum absolute atomic E-state index is 11.7. The molecule has 1 saturated heterocycles. The second-order valence-electron chi connectivity index (χ2n) is 4.98. The Morgan fingerprint density at radius 3 is 2.56 bits per heavy atom. The van der Waals surface area contributed by atoms with Crippen molar-refractivity contribution in [3.05, 3.63) is 0 Å². The summed E-state index contributed by atoms with van der Waals surface area (Å²) >= 11 is 0. The van der Waals surface area contributed by atoms with Gasteiger partial charge in [0.15, 0.2) is 9.84 Å². The Bertz CT molecular complexity index is 386. The normalized spacial score (nSPS) is 29.9. The molecule has 1 heterocycles. The topological polar surface area (TPSA) is 83.5 Å². The minimum atomic E-state index is -2.99. The minimum absolute atomic E-state index is 0.0229. The van der Waals surface area contributed by atoms with Crippen LogP contribution in [-0.4, -0.2) is 44.1 Å². The molecule has 1 unspecified atom stereocenters. The summed E-state index contributed by atoms with van der Waals surface area (Å²) in [6.07, 6.45) is 2.31. The predicted molar refractivity (Wildman–Crippen MR) is 58.5 cm³/mol. The maximum atomic E-state index is 11.7. The van der Waals surface area contributed by atoms with Gasteiger partial charge in [0.25, 0.3) is 0 Å². The molecular weight excluding hydrogens is 230 g/mol. The number of rotatable bonds is 4. The van der Waals surface area contributed by atoms with Gasteiger partial charge in [0.1, 0.15) is 0 Å². The summed E-state index contributed by atoms with van der Waals surface area (Å²) in [6, 6.07) is 0. The summed E-state index contributed by atoms with van der Waals surface area (Å²) in [6.45, 7) is 0.565. The monoisotopic (exact) mass is 247 g/mol. The Balaban J connectivity index is 1.81. The van der Waals surface area contributed by atoms with Crippen LogP contribution in [0.15, 0.2) is 0 Å². The highest BCUT2D eigenvalue weighted by Gasteiger charge is 2.43. The molecule has 2 N–H and O–H groups in total. The van der Waals surface area contributed by atoms with Gasteiger partial charge in [0.2, 0.25) is 5.91 Å². The fourth-order valence-corrected chi connectivity index (χ4v) is 3.73. The van der Waals surface area contributed by atoms with Crippen LogP contribution in [0.5, 0.6) is 0 Å². The van der Waals surface area contributed by atoms with E-state index >= 15 is 0 Å². The Morgan fingerprint density at radius 2 is 2.12 bits per heavy atom. The van der Waals surface area contributed by atoms with E-state index in [4.69, 9.17) is 5.11 Å². The van der Waals surface area contributed by atoms with Crippen LogP contribution >= 0.6 is 0 Å². The molecule has 0 aromatic rings. The van der Waals surface area contributed by atoms with Gasteiger partial charge in [0, 0.05) is 12.0 Å². The number of carbonyl (C=O) groups excluding carboxylic acids is 1. The molecule has 2 fully saturated rings. The second-order valence-corrected chi connectivity index (χ2v) is 7.20. The number of sulfone groups is 1. The summed E-state index contributed by atoms with van der Waals surface area (Å²) < 4.78 is 22.4. The zero-order chi connectivity index (χ0) is 11.8. The molecule has 0 bridgehead atoms. The first kappa shape index (κ1) is 11.9. The quantitative estimate of drug-likeness (QED) is 0.689. The lowest BCUT2D eigenvalue weighted by Gasteiger charge is -2.14. The number of aliphatic hydroxyl groups excluding tert-OH is 1. The molecular formula is C10H17NO4S. The maximum Gasteiger partial charge on any atom is 0.224 e. The molecule has 0 spiro atoms. The van der Waals surface area contributed by atoms with E-state index in [0.717, 1.165) is 12.8 Å². The van der Waals surface area contributed by atoms with Gasteiger partial charge in [-0.15, -0.1) is 0 Å². The number of hydrogen-bond donors (Lipinski definition) is 2. The third-order valence-corrected chi connectivity index (χ3v) is 5.30. The Labute approximate surface area is 95.1 Å². The van der Waals surface area contributed by atoms with Gasteiger partial charge in [-0.25, -0.2) is 8.42 Å². The van der Waals surface area contributed by atoms with Crippen molar-refractivity contribution in [2.24, 2.45) is 11.3 Å². The van der Waals surface area contributed by atoms with Crippen LogP contribution in [0.25, 0.3) is 0 Å². The number of aliphatic hydroxyl groups is 1. The first-order valence-electron chi connectivity index (χ1n) is 5.55. The molecule has 0 aromatic carbocycles. The van der Waals surface area contributed by atoms with Crippen LogP contribution < -0.4 is 5.32 Å². The third-order valence-electron chi connectivity index (χ3n) is 3.53. The number of amides is 1. The second kappa shape index (κ2) is 4.00. The Morgan fingerprint density at radius 1 is 1.44 bits per heavy atom. The van der Waals surface area contributed by atoms with Crippen molar-refractivity contribution in [3.63, 3.8) is 0 Å². The van der Waals surface area contributed by atoms with Crippen molar-refractivity contribution in [2.75, 3.05) is 24.7 Å². The van der Waals surface area contributed by atoms with Crippen molar-refractivity contribution in [3.8, 4) is 0 Å². The molecule has 1 amide bonds. The lowest BCUT2D eigenvalue weighted by Crippen LogP contribution is -2.36. The Kier molecular flexibility index (Phi) is 2.96. The largest absolute Gasteiger partial charge is 0.396 e. The van der Waals surface area contributed by atoms with Crippen LogP contribution in [0, 0.1) is 11.3 Å².